The van der Waals surface area contributed by atoms with Gasteiger partial charge in [-0.15, -0.1) is 0 Å². The first-order valence-electron chi connectivity index (χ1n) is 9.51. The Bertz CT molecular complexity index is 839. The topological polar surface area (TPSA) is 68.5 Å². The molecule has 0 saturated heterocycles. The predicted octanol–water partition coefficient (Wildman–Crippen LogP) is 3.06. The van der Waals surface area contributed by atoms with Crippen LogP contribution in [0.3, 0.4) is 0 Å². The number of carbonyl (C=O) groups is 1. The molecule has 0 aromatic carbocycles. The van der Waals surface area contributed by atoms with Crippen molar-refractivity contribution in [1.29, 1.82) is 0 Å². The molecule has 2 aliphatic carbocycles. The van der Waals surface area contributed by atoms with E-state index in [0.717, 1.165) is 24.2 Å². The first-order chi connectivity index (χ1) is 12.2. The summed E-state index contributed by atoms with van der Waals surface area (Å²) in [6.07, 6.45) is 5.24. The van der Waals surface area contributed by atoms with Crippen LogP contribution in [0.1, 0.15) is 61.9 Å². The summed E-state index contributed by atoms with van der Waals surface area (Å²) in [5, 5.41) is 3.22. The van der Waals surface area contributed by atoms with Crippen LogP contribution in [0.4, 0.5) is 0 Å². The third-order valence-corrected chi connectivity index (χ3v) is 5.61. The zero-order valence-electron chi connectivity index (χ0n) is 16.2. The van der Waals surface area contributed by atoms with Crippen molar-refractivity contribution >= 4 is 11.6 Å². The third kappa shape index (κ3) is 3.11. The largest absolute Gasteiger partial charge is 0.373 e. The van der Waals surface area contributed by atoms with E-state index in [0.29, 0.717) is 29.3 Å². The van der Waals surface area contributed by atoms with Gasteiger partial charge in [-0.1, -0.05) is 0 Å². The second-order valence-electron chi connectivity index (χ2n) is 8.90. The van der Waals surface area contributed by atoms with Gasteiger partial charge in [0.05, 0.1) is 11.7 Å². The lowest BCUT2D eigenvalue weighted by Crippen LogP contribution is -2.59. The normalized spacial score (nSPS) is 28.0. The summed E-state index contributed by atoms with van der Waals surface area (Å²) in [7, 11) is 0. The summed E-state index contributed by atoms with van der Waals surface area (Å²) in [6.45, 7) is 10.2. The Labute approximate surface area is 154 Å². The Morgan fingerprint density at radius 2 is 1.92 bits per heavy atom. The van der Waals surface area contributed by atoms with Crippen LogP contribution in [0.15, 0.2) is 12.4 Å². The number of fused-ring (bicyclic) bond motifs is 3. The Morgan fingerprint density at radius 1 is 1.23 bits per heavy atom. The highest BCUT2D eigenvalue weighted by Crippen LogP contribution is 2.47. The Balaban J connectivity index is 1.46. The van der Waals surface area contributed by atoms with Crippen LogP contribution in [0.25, 0.3) is 5.65 Å². The summed E-state index contributed by atoms with van der Waals surface area (Å²) in [6, 6.07) is 2.23. The third-order valence-electron chi connectivity index (χ3n) is 5.61. The van der Waals surface area contributed by atoms with Crippen LogP contribution < -0.4 is 5.32 Å². The molecule has 2 heterocycles. The van der Waals surface area contributed by atoms with Gasteiger partial charge in [-0.3, -0.25) is 9.20 Å². The summed E-state index contributed by atoms with van der Waals surface area (Å²) < 4.78 is 8.02. The van der Waals surface area contributed by atoms with E-state index in [1.807, 2.05) is 24.3 Å². The monoisotopic (exact) mass is 356 g/mol. The number of carbonyl (C=O) groups excluding carboxylic acids is 1. The molecule has 6 heteroatoms. The van der Waals surface area contributed by atoms with Crippen LogP contribution >= 0.6 is 0 Å². The van der Waals surface area contributed by atoms with Crippen LogP contribution in [0, 0.1) is 25.7 Å². The van der Waals surface area contributed by atoms with Gasteiger partial charge in [0.15, 0.2) is 11.3 Å². The lowest BCUT2D eigenvalue weighted by Gasteiger charge is -2.53. The number of hydrogen-bond acceptors (Lipinski definition) is 4. The number of nitrogens with one attached hydrogen (secondary N) is 1. The van der Waals surface area contributed by atoms with Gasteiger partial charge in [-0.25, -0.2) is 9.97 Å². The quantitative estimate of drug-likeness (QED) is 0.918. The number of ether oxygens (including phenoxy) is 1. The second-order valence-corrected chi connectivity index (χ2v) is 8.90. The fraction of sp³-hybridized carbons (Fsp3) is 0.650. The van der Waals surface area contributed by atoms with E-state index in [9.17, 15) is 4.79 Å². The minimum atomic E-state index is -0.111. The highest BCUT2D eigenvalue weighted by Gasteiger charge is 2.49. The number of rotatable bonds is 3. The van der Waals surface area contributed by atoms with Crippen molar-refractivity contribution in [2.75, 3.05) is 0 Å². The Hall–Kier alpha value is -1.95. The number of nitrogens with zero attached hydrogens (tertiary/aromatic N) is 3. The SMILES string of the molecule is Cc1cc(C)n2cnc(C(=O)NC3[C@@H]4CC(OC(C)(C)C)C[C@H]3C4)c2n1. The zero-order valence-corrected chi connectivity index (χ0v) is 16.2. The van der Waals surface area contributed by atoms with E-state index in [2.05, 4.69) is 36.1 Å². The van der Waals surface area contributed by atoms with Crippen molar-refractivity contribution in [3.8, 4) is 0 Å². The molecule has 2 aromatic rings. The van der Waals surface area contributed by atoms with E-state index >= 15 is 0 Å². The smallest absolute Gasteiger partial charge is 0.274 e. The average molecular weight is 356 g/mol. The molecule has 6 nitrogen and oxygen atoms in total. The van der Waals surface area contributed by atoms with Crippen molar-refractivity contribution in [2.24, 2.45) is 11.8 Å². The Morgan fingerprint density at radius 3 is 2.58 bits per heavy atom. The van der Waals surface area contributed by atoms with Crippen molar-refractivity contribution in [3.63, 3.8) is 0 Å². The molecule has 0 aliphatic heterocycles. The molecule has 2 fully saturated rings. The molecule has 0 radical (unpaired) electrons. The van der Waals surface area contributed by atoms with Gasteiger partial charge in [0, 0.05) is 17.4 Å². The number of hydrogen-bond donors (Lipinski definition) is 1. The molecule has 2 aliphatic rings. The summed E-state index contributed by atoms with van der Waals surface area (Å²) >= 11 is 0. The van der Waals surface area contributed by atoms with E-state index in [1.165, 1.54) is 6.42 Å². The molecule has 4 atom stereocenters. The molecule has 2 aromatic heterocycles. The molecule has 2 unspecified atom stereocenters. The van der Waals surface area contributed by atoms with Crippen LogP contribution in [-0.2, 0) is 4.74 Å². The van der Waals surface area contributed by atoms with E-state index in [-0.39, 0.29) is 17.6 Å². The first-order valence-corrected chi connectivity index (χ1v) is 9.51. The molecule has 1 N–H and O–H groups in total. The number of imidazole rings is 1. The van der Waals surface area contributed by atoms with Crippen molar-refractivity contribution < 1.29 is 9.53 Å². The summed E-state index contributed by atoms with van der Waals surface area (Å²) in [5.41, 5.74) is 2.88. The van der Waals surface area contributed by atoms with Gasteiger partial charge in [-0.05, 0) is 71.8 Å². The number of amides is 1. The van der Waals surface area contributed by atoms with Gasteiger partial charge in [0.1, 0.15) is 6.33 Å². The van der Waals surface area contributed by atoms with Crippen molar-refractivity contribution in [1.82, 2.24) is 19.7 Å². The fourth-order valence-corrected chi connectivity index (χ4v) is 4.62. The van der Waals surface area contributed by atoms with Gasteiger partial charge in [-0.2, -0.15) is 0 Å². The first kappa shape index (κ1) is 17.5. The Kier molecular flexibility index (Phi) is 4.06. The molecule has 0 spiro atoms. The van der Waals surface area contributed by atoms with Gasteiger partial charge in [0.2, 0.25) is 0 Å². The molecule has 1 amide bonds. The number of aromatic nitrogens is 3. The number of aryl methyl sites for hydroxylation is 2. The van der Waals surface area contributed by atoms with Crippen LogP contribution in [0.2, 0.25) is 0 Å². The summed E-state index contributed by atoms with van der Waals surface area (Å²) in [4.78, 5) is 21.7. The molecule has 2 saturated carbocycles. The van der Waals surface area contributed by atoms with Crippen molar-refractivity contribution in [2.45, 2.75) is 71.6 Å². The highest BCUT2D eigenvalue weighted by molar-refractivity contribution is 5.98. The summed E-state index contributed by atoms with van der Waals surface area (Å²) in [5.74, 6) is 0.908. The molecular formula is C20H28N4O2. The molecular weight excluding hydrogens is 328 g/mol. The van der Waals surface area contributed by atoms with Crippen LogP contribution in [0.5, 0.6) is 0 Å². The van der Waals surface area contributed by atoms with Gasteiger partial charge >= 0.3 is 0 Å². The standard InChI is InChI=1S/C20H28N4O2/c1-11-6-12(2)24-10-21-17(18(24)22-11)19(25)23-16-13-7-14(16)9-15(8-13)26-20(3,4)5/h6,10,13-16H,7-9H2,1-5H3,(H,23,25)/t13-,14+,15?,16?. The second kappa shape index (κ2) is 6.05. The van der Waals surface area contributed by atoms with E-state index in [1.54, 1.807) is 6.33 Å². The molecule has 4 rings (SSSR count). The molecule has 2 bridgehead atoms. The predicted molar refractivity (Wildman–Crippen MR) is 99.2 cm³/mol. The van der Waals surface area contributed by atoms with Gasteiger partial charge in [0.25, 0.3) is 5.91 Å². The van der Waals surface area contributed by atoms with Crippen LogP contribution in [-0.4, -0.2) is 38.0 Å². The maximum Gasteiger partial charge on any atom is 0.274 e. The lowest BCUT2D eigenvalue weighted by molar-refractivity contribution is -0.125. The zero-order chi connectivity index (χ0) is 18.6. The molecule has 26 heavy (non-hydrogen) atoms. The maximum absolute atomic E-state index is 12.8. The van der Waals surface area contributed by atoms with Crippen molar-refractivity contribution in [3.05, 3.63) is 29.5 Å². The van der Waals surface area contributed by atoms with Gasteiger partial charge < -0.3 is 10.1 Å². The average Bonchev–Trinajstić information content (AvgIpc) is 2.95. The lowest BCUT2D eigenvalue weighted by atomic mass is 9.60. The minimum absolute atomic E-state index is 0.107. The fourth-order valence-electron chi connectivity index (χ4n) is 4.62. The minimum Gasteiger partial charge on any atom is -0.373 e. The highest BCUT2D eigenvalue weighted by atomic mass is 16.5. The maximum atomic E-state index is 12.8. The van der Waals surface area contributed by atoms with E-state index in [4.69, 9.17) is 4.74 Å². The molecule has 140 valence electrons. The van der Waals surface area contributed by atoms with E-state index < -0.39 is 0 Å².